The van der Waals surface area contributed by atoms with E-state index < -0.39 is 35.9 Å². The molecular weight excluding hydrogens is 264 g/mol. The Morgan fingerprint density at radius 2 is 1.29 bits per heavy atom. The van der Waals surface area contributed by atoms with Gasteiger partial charge in [-0.05, 0) is 6.92 Å². The zero-order valence-electron chi connectivity index (χ0n) is 8.59. The van der Waals surface area contributed by atoms with Gasteiger partial charge in [0.25, 0.3) is 11.8 Å². The van der Waals surface area contributed by atoms with Crippen LogP contribution in [0.15, 0.2) is 0 Å². The molecule has 0 aliphatic carbocycles. The molecule has 0 aromatic heterocycles. The van der Waals surface area contributed by atoms with E-state index in [4.69, 9.17) is 0 Å². The molecular formula is C8H8F8O. The summed E-state index contributed by atoms with van der Waals surface area (Å²) in [6.07, 6.45) is -8.60. The second-order valence-corrected chi connectivity index (χ2v) is 4.07. The van der Waals surface area contributed by atoms with Crippen LogP contribution in [0.2, 0.25) is 0 Å². The highest BCUT2D eigenvalue weighted by Gasteiger charge is 2.79. The van der Waals surface area contributed by atoms with Crippen molar-refractivity contribution in [1.82, 2.24) is 0 Å². The van der Waals surface area contributed by atoms with Gasteiger partial charge in [-0.2, -0.15) is 17.6 Å². The van der Waals surface area contributed by atoms with Gasteiger partial charge in [0.15, 0.2) is 0 Å². The summed E-state index contributed by atoms with van der Waals surface area (Å²) in [5.74, 6) is -17.6. The van der Waals surface area contributed by atoms with Crippen molar-refractivity contribution in [2.75, 3.05) is 0 Å². The second kappa shape index (κ2) is 3.46. The van der Waals surface area contributed by atoms with Crippen LogP contribution >= 0.6 is 0 Å². The van der Waals surface area contributed by atoms with Crippen molar-refractivity contribution in [2.24, 2.45) is 5.92 Å². The molecule has 0 spiro atoms. The largest absolute Gasteiger partial charge is 0.420 e. The van der Waals surface area contributed by atoms with Crippen molar-refractivity contribution < 1.29 is 39.9 Å². The Morgan fingerprint density at radius 3 is 1.53 bits per heavy atom. The van der Waals surface area contributed by atoms with E-state index in [2.05, 4.69) is 4.74 Å². The molecule has 0 amide bonds. The molecule has 0 saturated carbocycles. The zero-order chi connectivity index (χ0) is 13.9. The molecule has 9 heteroatoms. The topological polar surface area (TPSA) is 9.23 Å². The maximum atomic E-state index is 13.0. The van der Waals surface area contributed by atoms with Gasteiger partial charge in [0.2, 0.25) is 0 Å². The number of rotatable bonds is 2. The molecule has 1 rings (SSSR count). The van der Waals surface area contributed by atoms with E-state index in [-0.39, 0.29) is 13.8 Å². The Balaban J connectivity index is 3.27. The van der Waals surface area contributed by atoms with Crippen molar-refractivity contribution in [3.63, 3.8) is 0 Å². The lowest BCUT2D eigenvalue weighted by molar-refractivity contribution is -0.324. The summed E-state index contributed by atoms with van der Waals surface area (Å²) < 4.78 is 106. The fourth-order valence-electron chi connectivity index (χ4n) is 1.66. The fraction of sp³-hybridized carbons (Fsp3) is 1.00. The molecule has 0 aromatic rings. The number of ether oxygens (including phenoxy) is 1. The third-order valence-electron chi connectivity index (χ3n) is 2.40. The van der Waals surface area contributed by atoms with Crippen LogP contribution in [-0.2, 0) is 4.74 Å². The average molecular weight is 272 g/mol. The zero-order valence-corrected chi connectivity index (χ0v) is 8.59. The van der Waals surface area contributed by atoms with Gasteiger partial charge < -0.3 is 4.74 Å². The molecule has 2 unspecified atom stereocenters. The molecule has 0 bridgehead atoms. The summed E-state index contributed by atoms with van der Waals surface area (Å²) in [5.41, 5.74) is 0. The van der Waals surface area contributed by atoms with E-state index in [1.165, 1.54) is 0 Å². The van der Waals surface area contributed by atoms with Gasteiger partial charge in [-0.15, -0.1) is 0 Å². The summed E-state index contributed by atoms with van der Waals surface area (Å²) in [7, 11) is 0. The fourth-order valence-corrected chi connectivity index (χ4v) is 1.66. The normalized spacial score (nSPS) is 32.8. The SMILES string of the molecule is CC(F)(F)C1OC(F)(F)C(F)(F)C1C(C)(F)F. The number of alkyl halides is 8. The van der Waals surface area contributed by atoms with E-state index in [0.717, 1.165) is 0 Å². The summed E-state index contributed by atoms with van der Waals surface area (Å²) in [6.45, 7) is -0.164. The predicted molar refractivity (Wildman–Crippen MR) is 39.5 cm³/mol. The van der Waals surface area contributed by atoms with Gasteiger partial charge in [0.05, 0.1) is 0 Å². The minimum Gasteiger partial charge on any atom is -0.305 e. The first-order chi connectivity index (χ1) is 7.21. The van der Waals surface area contributed by atoms with Gasteiger partial charge in [-0.1, -0.05) is 0 Å². The Hall–Kier alpha value is -0.600. The highest BCUT2D eigenvalue weighted by molar-refractivity contribution is 5.05. The molecule has 2 atom stereocenters. The van der Waals surface area contributed by atoms with Crippen molar-refractivity contribution in [2.45, 2.75) is 43.8 Å². The van der Waals surface area contributed by atoms with Crippen LogP contribution in [0, 0.1) is 5.92 Å². The molecule has 1 nitrogen and oxygen atoms in total. The molecule has 1 heterocycles. The van der Waals surface area contributed by atoms with Gasteiger partial charge in [-0.25, -0.2) is 17.6 Å². The minimum absolute atomic E-state index is 0.0338. The molecule has 1 aliphatic rings. The first kappa shape index (κ1) is 14.5. The van der Waals surface area contributed by atoms with E-state index in [1.807, 2.05) is 0 Å². The minimum atomic E-state index is -5.37. The van der Waals surface area contributed by atoms with E-state index in [0.29, 0.717) is 0 Å². The Bertz CT molecular complexity index is 302. The van der Waals surface area contributed by atoms with Crippen molar-refractivity contribution >= 4 is 0 Å². The number of halogens is 8. The van der Waals surface area contributed by atoms with Crippen LogP contribution in [0.3, 0.4) is 0 Å². The second-order valence-electron chi connectivity index (χ2n) is 4.07. The van der Waals surface area contributed by atoms with Crippen molar-refractivity contribution in [3.8, 4) is 0 Å². The van der Waals surface area contributed by atoms with Crippen LogP contribution in [-0.4, -0.2) is 30.0 Å². The molecule has 1 fully saturated rings. The van der Waals surface area contributed by atoms with Crippen LogP contribution in [0.25, 0.3) is 0 Å². The number of hydrogen-bond donors (Lipinski definition) is 0. The van der Waals surface area contributed by atoms with Gasteiger partial charge in [-0.3, -0.25) is 0 Å². The molecule has 0 N–H and O–H groups in total. The lowest BCUT2D eigenvalue weighted by Crippen LogP contribution is -2.50. The van der Waals surface area contributed by atoms with E-state index in [1.54, 1.807) is 0 Å². The van der Waals surface area contributed by atoms with Crippen LogP contribution < -0.4 is 0 Å². The third kappa shape index (κ3) is 2.21. The van der Waals surface area contributed by atoms with Gasteiger partial charge in [0, 0.05) is 6.92 Å². The summed E-state index contributed by atoms with van der Waals surface area (Å²) in [6, 6.07) is 0. The quantitative estimate of drug-likeness (QED) is 0.699. The molecule has 0 aromatic carbocycles. The van der Waals surface area contributed by atoms with E-state index in [9.17, 15) is 35.1 Å². The summed E-state index contributed by atoms with van der Waals surface area (Å²) in [5, 5.41) is 0. The molecule has 1 saturated heterocycles. The lowest BCUT2D eigenvalue weighted by atomic mass is 9.88. The maximum absolute atomic E-state index is 13.0. The highest BCUT2D eigenvalue weighted by atomic mass is 19.3. The lowest BCUT2D eigenvalue weighted by Gasteiger charge is -2.29. The summed E-state index contributed by atoms with van der Waals surface area (Å²) in [4.78, 5) is 0. The van der Waals surface area contributed by atoms with E-state index >= 15 is 0 Å². The molecule has 102 valence electrons. The Kier molecular flexibility index (Phi) is 2.94. The first-order valence-electron chi connectivity index (χ1n) is 4.40. The van der Waals surface area contributed by atoms with Crippen LogP contribution in [0.5, 0.6) is 0 Å². The maximum Gasteiger partial charge on any atom is 0.420 e. The van der Waals surface area contributed by atoms with Crippen molar-refractivity contribution in [3.05, 3.63) is 0 Å². The summed E-state index contributed by atoms with van der Waals surface area (Å²) >= 11 is 0. The first-order valence-corrected chi connectivity index (χ1v) is 4.40. The van der Waals surface area contributed by atoms with Crippen LogP contribution in [0.4, 0.5) is 35.1 Å². The molecule has 17 heavy (non-hydrogen) atoms. The predicted octanol–water partition coefficient (Wildman–Crippen LogP) is 3.54. The highest BCUT2D eigenvalue weighted by Crippen LogP contribution is 2.57. The molecule has 1 aliphatic heterocycles. The smallest absolute Gasteiger partial charge is 0.305 e. The number of hydrogen-bond acceptors (Lipinski definition) is 1. The van der Waals surface area contributed by atoms with Gasteiger partial charge >= 0.3 is 12.0 Å². The Morgan fingerprint density at radius 1 is 0.882 bits per heavy atom. The van der Waals surface area contributed by atoms with Crippen LogP contribution in [0.1, 0.15) is 13.8 Å². The van der Waals surface area contributed by atoms with Gasteiger partial charge in [0.1, 0.15) is 12.0 Å². The van der Waals surface area contributed by atoms with Crippen molar-refractivity contribution in [1.29, 1.82) is 0 Å². The standard InChI is InChI=1S/C8H8F8O/c1-5(9,10)3-4(6(2,11)12)17-8(15,16)7(3,13)14/h3-4H,1-2H3. The molecule has 0 radical (unpaired) electrons. The third-order valence-corrected chi connectivity index (χ3v) is 2.40. The average Bonchev–Trinajstić information content (AvgIpc) is 2.15. The Labute approximate surface area is 90.7 Å². The monoisotopic (exact) mass is 272 g/mol.